The fourth-order valence-electron chi connectivity index (χ4n) is 1.48. The van der Waals surface area contributed by atoms with Crippen molar-refractivity contribution < 1.29 is 4.74 Å². The van der Waals surface area contributed by atoms with Crippen molar-refractivity contribution in [1.82, 2.24) is 5.32 Å². The van der Waals surface area contributed by atoms with Gasteiger partial charge in [-0.05, 0) is 18.4 Å². The summed E-state index contributed by atoms with van der Waals surface area (Å²) in [7, 11) is 0. The molecule has 0 aliphatic carbocycles. The van der Waals surface area contributed by atoms with Crippen LogP contribution in [-0.2, 0) is 4.74 Å². The number of ether oxygens (including phenoxy) is 1. The molecule has 0 bridgehead atoms. The van der Waals surface area contributed by atoms with Crippen LogP contribution in [0.1, 0.15) is 26.2 Å². The van der Waals surface area contributed by atoms with Crippen LogP contribution < -0.4 is 5.32 Å². The van der Waals surface area contributed by atoms with Gasteiger partial charge in [0.2, 0.25) is 0 Å². The maximum atomic E-state index is 8.58. The highest BCUT2D eigenvalue weighted by Gasteiger charge is 2.07. The molecule has 0 amide bonds. The molecule has 3 nitrogen and oxygen atoms in total. The van der Waals surface area contributed by atoms with Crippen molar-refractivity contribution in [2.45, 2.75) is 32.2 Å². The molecular weight excluding hydrogens is 176 g/mol. The minimum atomic E-state index is 0.322. The Labute approximate surface area is 85.7 Å². The van der Waals surface area contributed by atoms with Crippen LogP contribution in [-0.4, -0.2) is 25.8 Å². The zero-order valence-corrected chi connectivity index (χ0v) is 8.75. The fourth-order valence-corrected chi connectivity index (χ4v) is 1.48. The SMILES string of the molecule is CCC(CC#N)NCC1=CCCOC1. The van der Waals surface area contributed by atoms with Gasteiger partial charge < -0.3 is 10.1 Å². The number of rotatable bonds is 5. The van der Waals surface area contributed by atoms with E-state index < -0.39 is 0 Å². The van der Waals surface area contributed by atoms with E-state index in [0.717, 1.165) is 32.6 Å². The van der Waals surface area contributed by atoms with Gasteiger partial charge in [0.05, 0.1) is 25.7 Å². The summed E-state index contributed by atoms with van der Waals surface area (Å²) in [5, 5.41) is 11.9. The van der Waals surface area contributed by atoms with E-state index in [4.69, 9.17) is 10.00 Å². The Bertz CT molecular complexity index is 230. The molecule has 3 heteroatoms. The summed E-state index contributed by atoms with van der Waals surface area (Å²) in [4.78, 5) is 0. The summed E-state index contributed by atoms with van der Waals surface area (Å²) in [6, 6.07) is 2.52. The van der Waals surface area contributed by atoms with Crippen LogP contribution >= 0.6 is 0 Å². The molecule has 0 saturated heterocycles. The van der Waals surface area contributed by atoms with E-state index in [9.17, 15) is 0 Å². The van der Waals surface area contributed by atoms with Gasteiger partial charge in [0.15, 0.2) is 0 Å². The van der Waals surface area contributed by atoms with Crippen molar-refractivity contribution in [2.75, 3.05) is 19.8 Å². The minimum absolute atomic E-state index is 0.322. The van der Waals surface area contributed by atoms with E-state index in [1.165, 1.54) is 5.57 Å². The lowest BCUT2D eigenvalue weighted by Gasteiger charge is -2.18. The van der Waals surface area contributed by atoms with Crippen LogP contribution in [0, 0.1) is 11.3 Å². The summed E-state index contributed by atoms with van der Waals surface area (Å²) < 4.78 is 5.33. The van der Waals surface area contributed by atoms with Gasteiger partial charge in [-0.25, -0.2) is 0 Å². The van der Waals surface area contributed by atoms with Crippen molar-refractivity contribution in [1.29, 1.82) is 5.26 Å². The van der Waals surface area contributed by atoms with E-state index in [1.54, 1.807) is 0 Å². The molecule has 0 aromatic carbocycles. The summed E-state index contributed by atoms with van der Waals surface area (Å²) in [5.41, 5.74) is 1.31. The Morgan fingerprint density at radius 1 is 1.71 bits per heavy atom. The van der Waals surface area contributed by atoms with Crippen molar-refractivity contribution in [3.05, 3.63) is 11.6 Å². The van der Waals surface area contributed by atoms with Crippen molar-refractivity contribution in [2.24, 2.45) is 0 Å². The van der Waals surface area contributed by atoms with Crippen LogP contribution in [0.4, 0.5) is 0 Å². The van der Waals surface area contributed by atoms with Crippen molar-refractivity contribution in [3.8, 4) is 6.07 Å². The smallest absolute Gasteiger partial charge is 0.0689 e. The second-order valence-corrected chi connectivity index (χ2v) is 3.55. The largest absolute Gasteiger partial charge is 0.377 e. The standard InChI is InChI=1S/C11H18N2O/c1-2-11(5-6-12)13-8-10-4-3-7-14-9-10/h4,11,13H,2-3,5,7-9H2,1H3. The first kappa shape index (κ1) is 11.2. The maximum Gasteiger partial charge on any atom is 0.0689 e. The number of nitrogens with zero attached hydrogens (tertiary/aromatic N) is 1. The summed E-state index contributed by atoms with van der Waals surface area (Å²) in [6.07, 6.45) is 4.84. The third-order valence-electron chi connectivity index (χ3n) is 2.43. The molecule has 1 atom stereocenters. The second kappa shape index (κ2) is 6.58. The van der Waals surface area contributed by atoms with Gasteiger partial charge in [0, 0.05) is 12.6 Å². The van der Waals surface area contributed by atoms with Gasteiger partial charge >= 0.3 is 0 Å². The predicted molar refractivity (Wildman–Crippen MR) is 55.8 cm³/mol. The molecule has 0 saturated carbocycles. The van der Waals surface area contributed by atoms with Crippen LogP contribution in [0.25, 0.3) is 0 Å². The molecule has 78 valence electrons. The summed E-state index contributed by atoms with van der Waals surface area (Å²) >= 11 is 0. The lowest BCUT2D eigenvalue weighted by Crippen LogP contribution is -2.31. The van der Waals surface area contributed by atoms with Gasteiger partial charge in [0.25, 0.3) is 0 Å². The predicted octanol–water partition coefficient (Wildman–Crippen LogP) is 1.61. The van der Waals surface area contributed by atoms with Gasteiger partial charge in [-0.2, -0.15) is 5.26 Å². The highest BCUT2D eigenvalue weighted by molar-refractivity contribution is 5.07. The fraction of sp³-hybridized carbons (Fsp3) is 0.727. The number of hydrogen-bond acceptors (Lipinski definition) is 3. The topological polar surface area (TPSA) is 45.0 Å². The van der Waals surface area contributed by atoms with Crippen LogP contribution in [0.15, 0.2) is 11.6 Å². The lowest BCUT2D eigenvalue weighted by molar-refractivity contribution is 0.148. The molecule has 1 N–H and O–H groups in total. The third kappa shape index (κ3) is 3.91. The minimum Gasteiger partial charge on any atom is -0.377 e. The maximum absolute atomic E-state index is 8.58. The molecule has 14 heavy (non-hydrogen) atoms. The average Bonchev–Trinajstić information content (AvgIpc) is 2.25. The molecule has 1 rings (SSSR count). The molecule has 0 spiro atoms. The third-order valence-corrected chi connectivity index (χ3v) is 2.43. The Hall–Kier alpha value is -0.850. The lowest BCUT2D eigenvalue weighted by atomic mass is 10.1. The molecule has 1 unspecified atom stereocenters. The van der Waals surface area contributed by atoms with Gasteiger partial charge in [0.1, 0.15) is 0 Å². The first-order valence-electron chi connectivity index (χ1n) is 5.22. The monoisotopic (exact) mass is 194 g/mol. The molecule has 0 aromatic rings. The molecule has 1 aliphatic heterocycles. The molecule has 1 aliphatic rings. The number of hydrogen-bond donors (Lipinski definition) is 1. The van der Waals surface area contributed by atoms with Crippen LogP contribution in [0.2, 0.25) is 0 Å². The van der Waals surface area contributed by atoms with Crippen molar-refractivity contribution in [3.63, 3.8) is 0 Å². The summed E-state index contributed by atoms with van der Waals surface area (Å²) in [6.45, 7) is 4.55. The molecular formula is C11H18N2O. The van der Waals surface area contributed by atoms with Gasteiger partial charge in [-0.15, -0.1) is 0 Å². The molecule has 0 aromatic heterocycles. The highest BCUT2D eigenvalue weighted by atomic mass is 16.5. The van der Waals surface area contributed by atoms with Crippen molar-refractivity contribution >= 4 is 0 Å². The highest BCUT2D eigenvalue weighted by Crippen LogP contribution is 2.05. The zero-order valence-electron chi connectivity index (χ0n) is 8.75. The van der Waals surface area contributed by atoms with E-state index in [-0.39, 0.29) is 0 Å². The number of nitrogens with one attached hydrogen (secondary N) is 1. The van der Waals surface area contributed by atoms with Gasteiger partial charge in [-0.1, -0.05) is 13.0 Å². The van der Waals surface area contributed by atoms with E-state index >= 15 is 0 Å². The first-order valence-corrected chi connectivity index (χ1v) is 5.22. The van der Waals surface area contributed by atoms with Crippen LogP contribution in [0.3, 0.4) is 0 Å². The Morgan fingerprint density at radius 2 is 2.57 bits per heavy atom. The normalized spacial score (nSPS) is 18.4. The molecule has 0 radical (unpaired) electrons. The Kier molecular flexibility index (Phi) is 5.28. The van der Waals surface area contributed by atoms with Gasteiger partial charge in [-0.3, -0.25) is 0 Å². The molecule has 0 fully saturated rings. The van der Waals surface area contributed by atoms with Crippen LogP contribution in [0.5, 0.6) is 0 Å². The molecule has 1 heterocycles. The average molecular weight is 194 g/mol. The Balaban J connectivity index is 2.24. The second-order valence-electron chi connectivity index (χ2n) is 3.55. The summed E-state index contributed by atoms with van der Waals surface area (Å²) in [5.74, 6) is 0. The Morgan fingerprint density at radius 3 is 3.14 bits per heavy atom. The van der Waals surface area contributed by atoms with E-state index in [1.807, 2.05) is 0 Å². The zero-order chi connectivity index (χ0) is 10.2. The van der Waals surface area contributed by atoms with E-state index in [2.05, 4.69) is 24.4 Å². The van der Waals surface area contributed by atoms with E-state index in [0.29, 0.717) is 12.5 Å². The number of nitriles is 1. The first-order chi connectivity index (χ1) is 6.86. The quantitative estimate of drug-likeness (QED) is 0.676.